The molecule has 2 rings (SSSR count). The van der Waals surface area contributed by atoms with Crippen LogP contribution in [0.4, 0.5) is 0 Å². The van der Waals surface area contributed by atoms with Gasteiger partial charge in [0.05, 0.1) is 0 Å². The summed E-state index contributed by atoms with van der Waals surface area (Å²) in [5, 5.41) is 12.3. The molecular weight excluding hydrogens is 242 g/mol. The number of hydrogen-bond acceptors (Lipinski definition) is 3. The lowest BCUT2D eigenvalue weighted by Gasteiger charge is -2.30. The van der Waals surface area contributed by atoms with Crippen molar-refractivity contribution in [1.29, 1.82) is 0 Å². The summed E-state index contributed by atoms with van der Waals surface area (Å²) in [6.45, 7) is 2.01. The van der Waals surface area contributed by atoms with Crippen molar-refractivity contribution in [3.05, 3.63) is 29.7 Å². The molecule has 0 aliphatic heterocycles. The van der Waals surface area contributed by atoms with Crippen LogP contribution >= 0.6 is 0 Å². The minimum atomic E-state index is -0.126. The van der Waals surface area contributed by atoms with E-state index in [1.807, 2.05) is 19.1 Å². The average molecular weight is 263 g/mol. The van der Waals surface area contributed by atoms with Crippen molar-refractivity contribution in [1.82, 2.24) is 5.32 Å². The van der Waals surface area contributed by atoms with E-state index in [1.54, 1.807) is 6.08 Å². The standard InChI is InChI=1S/C15H21NO3/c1-11-6-7-13(19-11)8-9-15(18)16-14-5-3-2-4-12(14)10-17/h6-9,12,14,17H,2-5,10H2,1H3,(H,16,18)/b9-8+. The maximum Gasteiger partial charge on any atom is 0.244 e. The number of hydrogen-bond donors (Lipinski definition) is 2. The van der Waals surface area contributed by atoms with Gasteiger partial charge >= 0.3 is 0 Å². The summed E-state index contributed by atoms with van der Waals surface area (Å²) in [6.07, 6.45) is 7.34. The quantitative estimate of drug-likeness (QED) is 0.819. The van der Waals surface area contributed by atoms with Gasteiger partial charge in [0.2, 0.25) is 5.91 Å². The average Bonchev–Trinajstić information content (AvgIpc) is 2.83. The Hall–Kier alpha value is -1.55. The molecule has 1 aliphatic carbocycles. The molecule has 2 unspecified atom stereocenters. The van der Waals surface area contributed by atoms with Crippen LogP contribution in [0.25, 0.3) is 6.08 Å². The lowest BCUT2D eigenvalue weighted by molar-refractivity contribution is -0.117. The third-order valence-electron chi connectivity index (χ3n) is 3.63. The molecule has 4 nitrogen and oxygen atoms in total. The van der Waals surface area contributed by atoms with Gasteiger partial charge in [-0.3, -0.25) is 4.79 Å². The minimum absolute atomic E-state index is 0.0919. The lowest BCUT2D eigenvalue weighted by Crippen LogP contribution is -2.42. The van der Waals surface area contributed by atoms with E-state index in [9.17, 15) is 9.90 Å². The second-order valence-electron chi connectivity index (χ2n) is 5.12. The summed E-state index contributed by atoms with van der Waals surface area (Å²) in [6, 6.07) is 3.78. The SMILES string of the molecule is Cc1ccc(/C=C/C(=O)NC2CCCCC2CO)o1. The van der Waals surface area contributed by atoms with Crippen LogP contribution in [0.15, 0.2) is 22.6 Å². The minimum Gasteiger partial charge on any atom is -0.462 e. The number of carbonyl (C=O) groups excluding carboxylic acids is 1. The second kappa shape index (κ2) is 6.57. The third-order valence-corrected chi connectivity index (χ3v) is 3.63. The largest absolute Gasteiger partial charge is 0.462 e. The molecular formula is C15H21NO3. The van der Waals surface area contributed by atoms with E-state index in [0.717, 1.165) is 31.4 Å². The van der Waals surface area contributed by atoms with Crippen LogP contribution in [-0.2, 0) is 4.79 Å². The Kier molecular flexibility index (Phi) is 4.80. The number of aryl methyl sites for hydroxylation is 1. The van der Waals surface area contributed by atoms with Crippen LogP contribution in [0, 0.1) is 12.8 Å². The van der Waals surface area contributed by atoms with Gasteiger partial charge in [0.15, 0.2) is 0 Å². The molecule has 1 heterocycles. The van der Waals surface area contributed by atoms with Gasteiger partial charge < -0.3 is 14.8 Å². The molecule has 1 aromatic rings. The van der Waals surface area contributed by atoms with Crippen molar-refractivity contribution in [3.8, 4) is 0 Å². The Bertz CT molecular complexity index is 450. The van der Waals surface area contributed by atoms with Crippen LogP contribution in [0.2, 0.25) is 0 Å². The molecule has 1 aliphatic rings. The van der Waals surface area contributed by atoms with E-state index in [1.165, 1.54) is 6.08 Å². The first-order chi connectivity index (χ1) is 9.19. The Labute approximate surface area is 113 Å². The van der Waals surface area contributed by atoms with Gasteiger partial charge in [-0.25, -0.2) is 0 Å². The predicted molar refractivity (Wildman–Crippen MR) is 73.5 cm³/mol. The monoisotopic (exact) mass is 263 g/mol. The van der Waals surface area contributed by atoms with Crippen molar-refractivity contribution < 1.29 is 14.3 Å². The van der Waals surface area contributed by atoms with E-state index >= 15 is 0 Å². The molecule has 0 aromatic carbocycles. The lowest BCUT2D eigenvalue weighted by atomic mass is 9.85. The zero-order valence-electron chi connectivity index (χ0n) is 11.3. The van der Waals surface area contributed by atoms with Gasteiger partial charge in [0.1, 0.15) is 11.5 Å². The van der Waals surface area contributed by atoms with Crippen LogP contribution in [0.3, 0.4) is 0 Å². The van der Waals surface area contributed by atoms with Gasteiger partial charge in [-0.15, -0.1) is 0 Å². The topological polar surface area (TPSA) is 62.5 Å². The number of carbonyl (C=O) groups is 1. The Morgan fingerprint density at radius 1 is 1.47 bits per heavy atom. The first-order valence-corrected chi connectivity index (χ1v) is 6.85. The van der Waals surface area contributed by atoms with Crippen LogP contribution < -0.4 is 5.32 Å². The predicted octanol–water partition coefficient (Wildman–Crippen LogP) is 2.27. The van der Waals surface area contributed by atoms with Gasteiger partial charge in [0, 0.05) is 24.6 Å². The molecule has 1 saturated carbocycles. The summed E-state index contributed by atoms with van der Waals surface area (Å²) in [5.74, 6) is 1.57. The number of nitrogens with one attached hydrogen (secondary N) is 1. The maximum absolute atomic E-state index is 11.8. The Balaban J connectivity index is 1.88. The Morgan fingerprint density at radius 3 is 2.95 bits per heavy atom. The third kappa shape index (κ3) is 3.96. The molecule has 2 N–H and O–H groups in total. The van der Waals surface area contributed by atoms with E-state index < -0.39 is 0 Å². The molecule has 1 fully saturated rings. The zero-order valence-corrected chi connectivity index (χ0v) is 11.3. The normalized spacial score (nSPS) is 23.7. The number of rotatable bonds is 4. The molecule has 0 saturated heterocycles. The number of amides is 1. The molecule has 19 heavy (non-hydrogen) atoms. The second-order valence-corrected chi connectivity index (χ2v) is 5.12. The molecule has 1 amide bonds. The Morgan fingerprint density at radius 2 is 2.26 bits per heavy atom. The number of aliphatic hydroxyl groups excluding tert-OH is 1. The smallest absolute Gasteiger partial charge is 0.244 e. The summed E-state index contributed by atoms with van der Waals surface area (Å²) in [7, 11) is 0. The maximum atomic E-state index is 11.8. The van der Waals surface area contributed by atoms with E-state index in [-0.39, 0.29) is 24.5 Å². The highest BCUT2D eigenvalue weighted by Crippen LogP contribution is 2.23. The summed E-state index contributed by atoms with van der Waals surface area (Å²) in [4.78, 5) is 11.8. The van der Waals surface area contributed by atoms with Crippen LogP contribution in [0.1, 0.15) is 37.2 Å². The molecule has 0 bridgehead atoms. The zero-order chi connectivity index (χ0) is 13.7. The molecule has 0 radical (unpaired) electrons. The highest BCUT2D eigenvalue weighted by Gasteiger charge is 2.25. The van der Waals surface area contributed by atoms with E-state index in [0.29, 0.717) is 5.76 Å². The summed E-state index contributed by atoms with van der Waals surface area (Å²) in [5.41, 5.74) is 0. The van der Waals surface area contributed by atoms with E-state index in [2.05, 4.69) is 5.32 Å². The van der Waals surface area contributed by atoms with Gasteiger partial charge in [-0.1, -0.05) is 12.8 Å². The van der Waals surface area contributed by atoms with Crippen molar-refractivity contribution >= 4 is 12.0 Å². The number of aliphatic hydroxyl groups is 1. The van der Waals surface area contributed by atoms with E-state index in [4.69, 9.17) is 4.42 Å². The molecule has 1 aromatic heterocycles. The first-order valence-electron chi connectivity index (χ1n) is 6.85. The summed E-state index contributed by atoms with van der Waals surface area (Å²) >= 11 is 0. The van der Waals surface area contributed by atoms with Crippen molar-refractivity contribution in [2.45, 2.75) is 38.6 Å². The van der Waals surface area contributed by atoms with Gasteiger partial charge in [0.25, 0.3) is 0 Å². The molecule has 0 spiro atoms. The molecule has 2 atom stereocenters. The fourth-order valence-corrected chi connectivity index (χ4v) is 2.55. The van der Waals surface area contributed by atoms with Gasteiger partial charge in [-0.2, -0.15) is 0 Å². The van der Waals surface area contributed by atoms with Crippen LogP contribution in [-0.4, -0.2) is 23.7 Å². The molecule has 104 valence electrons. The molecule has 4 heteroatoms. The van der Waals surface area contributed by atoms with Crippen LogP contribution in [0.5, 0.6) is 0 Å². The van der Waals surface area contributed by atoms with Crippen molar-refractivity contribution in [2.75, 3.05) is 6.61 Å². The fraction of sp³-hybridized carbons (Fsp3) is 0.533. The first kappa shape index (κ1) is 13.9. The van der Waals surface area contributed by atoms with Crippen molar-refractivity contribution in [2.24, 2.45) is 5.92 Å². The highest BCUT2D eigenvalue weighted by atomic mass is 16.3. The number of furan rings is 1. The fourth-order valence-electron chi connectivity index (χ4n) is 2.55. The summed E-state index contributed by atoms with van der Waals surface area (Å²) < 4.78 is 5.36. The highest BCUT2D eigenvalue weighted by molar-refractivity contribution is 5.91. The van der Waals surface area contributed by atoms with Gasteiger partial charge in [-0.05, 0) is 38.0 Å². The van der Waals surface area contributed by atoms with Crippen molar-refractivity contribution in [3.63, 3.8) is 0 Å².